The number of nitrogens with one attached hydrogen (secondary N) is 1. The third kappa shape index (κ3) is 3.79. The summed E-state index contributed by atoms with van der Waals surface area (Å²) in [4.78, 5) is 12.4. The molecule has 1 aromatic carbocycles. The fourth-order valence-corrected chi connectivity index (χ4v) is 2.58. The number of carbonyl (C=O) groups is 1. The number of nitrogens with zero attached hydrogens (tertiary/aromatic N) is 5. The molecule has 0 fully saturated rings. The Morgan fingerprint density at radius 1 is 1.28 bits per heavy atom. The Bertz CT molecular complexity index is 1080. The van der Waals surface area contributed by atoms with Crippen LogP contribution in [0.25, 0.3) is 5.69 Å². The van der Waals surface area contributed by atoms with Gasteiger partial charge < -0.3 is 10.5 Å². The normalized spacial score (nSPS) is 11.6. The molecule has 0 aliphatic heterocycles. The van der Waals surface area contributed by atoms with Crippen molar-refractivity contribution < 1.29 is 32.0 Å². The molecule has 0 bridgehead atoms. The number of aryl methyl sites for hydroxylation is 1. The van der Waals surface area contributed by atoms with Crippen LogP contribution < -0.4 is 5.32 Å². The smallest absolute Gasteiger partial charge is 0.282 e. The number of rotatable bonds is 5. The summed E-state index contributed by atoms with van der Waals surface area (Å²) in [5, 5.41) is 21.0. The molecule has 0 radical (unpaired) electrons. The minimum atomic E-state index is -3.03. The van der Waals surface area contributed by atoms with Crippen LogP contribution in [0.1, 0.15) is 28.2 Å². The van der Waals surface area contributed by atoms with Gasteiger partial charge in [0.25, 0.3) is 12.3 Å². The van der Waals surface area contributed by atoms with E-state index in [1.54, 1.807) is 0 Å². The molecule has 2 aromatic heterocycles. The van der Waals surface area contributed by atoms with Gasteiger partial charge in [-0.3, -0.25) is 9.48 Å². The van der Waals surface area contributed by atoms with Crippen molar-refractivity contribution >= 4 is 17.8 Å². The molecule has 0 saturated heterocycles. The number of oxime groups is 1. The predicted molar refractivity (Wildman–Crippen MR) is 88.9 cm³/mol. The number of alkyl halides is 2. The van der Waals surface area contributed by atoms with Crippen molar-refractivity contribution in [1.29, 1.82) is 0 Å². The van der Waals surface area contributed by atoms with Crippen LogP contribution in [0.15, 0.2) is 29.7 Å². The average Bonchev–Trinajstić information content (AvgIpc) is 3.19. The number of aromatic nitrogens is 4. The first-order chi connectivity index (χ1) is 13.7. The van der Waals surface area contributed by atoms with Crippen molar-refractivity contribution in [1.82, 2.24) is 19.6 Å². The fraction of sp³-hybridized carbons (Fsp3) is 0.125. The molecule has 152 valence electrons. The molecule has 13 heteroatoms. The van der Waals surface area contributed by atoms with Gasteiger partial charge in [-0.05, 0) is 0 Å². The molecule has 3 rings (SSSR count). The van der Waals surface area contributed by atoms with Gasteiger partial charge in [0.2, 0.25) is 0 Å². The second-order valence-electron chi connectivity index (χ2n) is 5.67. The number of halogens is 5. The van der Waals surface area contributed by atoms with Crippen LogP contribution in [-0.2, 0) is 7.05 Å². The van der Waals surface area contributed by atoms with Gasteiger partial charge >= 0.3 is 0 Å². The zero-order valence-electron chi connectivity index (χ0n) is 14.4. The van der Waals surface area contributed by atoms with Crippen LogP contribution in [0.3, 0.4) is 0 Å². The summed E-state index contributed by atoms with van der Waals surface area (Å²) in [5.41, 5.74) is -2.56. The van der Waals surface area contributed by atoms with Gasteiger partial charge in [-0.25, -0.2) is 26.6 Å². The van der Waals surface area contributed by atoms with Gasteiger partial charge in [-0.2, -0.15) is 10.2 Å². The molecule has 0 aliphatic carbocycles. The van der Waals surface area contributed by atoms with E-state index < -0.39 is 46.7 Å². The van der Waals surface area contributed by atoms with Crippen LogP contribution in [0, 0.1) is 17.5 Å². The number of amides is 1. The Labute approximate surface area is 158 Å². The second-order valence-corrected chi connectivity index (χ2v) is 5.67. The highest BCUT2D eigenvalue weighted by molar-refractivity contribution is 6.07. The maximum Gasteiger partial charge on any atom is 0.282 e. The Kier molecular flexibility index (Phi) is 5.30. The van der Waals surface area contributed by atoms with Crippen molar-refractivity contribution in [2.24, 2.45) is 12.2 Å². The summed E-state index contributed by atoms with van der Waals surface area (Å²) >= 11 is 0. The molecule has 2 heterocycles. The lowest BCUT2D eigenvalue weighted by atomic mass is 10.2. The molecule has 0 saturated carbocycles. The van der Waals surface area contributed by atoms with E-state index in [9.17, 15) is 26.7 Å². The highest BCUT2D eigenvalue weighted by Gasteiger charge is 2.25. The Morgan fingerprint density at radius 2 is 1.93 bits per heavy atom. The zero-order chi connectivity index (χ0) is 21.3. The molecular formula is C16H11F5N6O2. The third-order valence-electron chi connectivity index (χ3n) is 3.74. The number of carbonyl (C=O) groups excluding carboxylic acids is 1. The molecule has 8 nitrogen and oxygen atoms in total. The first kappa shape index (κ1) is 20.0. The standard InChI is InChI=1S/C16H11F5N6O2/c1-26-6-8(13(25-26)15(20)21)16(28)24-11-4-22-27(12(11)5-23-29)14-9(18)2-7(17)3-10(14)19/h2-6,15,29H,1H3,(H,24,28). The highest BCUT2D eigenvalue weighted by Crippen LogP contribution is 2.26. The van der Waals surface area contributed by atoms with Crippen molar-refractivity contribution in [3.05, 3.63) is 58.9 Å². The van der Waals surface area contributed by atoms with Gasteiger partial charge in [-0.1, -0.05) is 5.16 Å². The SMILES string of the molecule is Cn1cc(C(=O)Nc2cnn(-c3c(F)cc(F)cc3F)c2C=NO)c(C(F)F)n1. The van der Waals surface area contributed by atoms with Crippen LogP contribution in [-0.4, -0.2) is 36.9 Å². The summed E-state index contributed by atoms with van der Waals surface area (Å²) in [7, 11) is 1.34. The number of benzene rings is 1. The molecule has 29 heavy (non-hydrogen) atoms. The molecule has 1 amide bonds. The van der Waals surface area contributed by atoms with E-state index in [-0.39, 0.29) is 11.4 Å². The molecule has 0 aliphatic rings. The first-order valence-corrected chi connectivity index (χ1v) is 7.76. The largest absolute Gasteiger partial charge is 0.411 e. The van der Waals surface area contributed by atoms with E-state index in [4.69, 9.17) is 5.21 Å². The molecular weight excluding hydrogens is 403 g/mol. The summed E-state index contributed by atoms with van der Waals surface area (Å²) in [6, 6.07) is 0.811. The summed E-state index contributed by atoms with van der Waals surface area (Å²) in [6.45, 7) is 0. The van der Waals surface area contributed by atoms with E-state index in [1.807, 2.05) is 0 Å². The van der Waals surface area contributed by atoms with E-state index in [0.717, 1.165) is 17.1 Å². The van der Waals surface area contributed by atoms with Crippen molar-refractivity contribution in [3.63, 3.8) is 0 Å². The molecule has 0 unspecified atom stereocenters. The van der Waals surface area contributed by atoms with Gasteiger partial charge in [0, 0.05) is 25.4 Å². The lowest BCUT2D eigenvalue weighted by molar-refractivity contribution is 0.101. The average molecular weight is 414 g/mol. The van der Waals surface area contributed by atoms with Crippen LogP contribution in [0.5, 0.6) is 0 Å². The van der Waals surface area contributed by atoms with E-state index in [2.05, 4.69) is 20.7 Å². The lowest BCUT2D eigenvalue weighted by Gasteiger charge is -2.09. The first-order valence-electron chi connectivity index (χ1n) is 7.76. The maximum atomic E-state index is 14.1. The van der Waals surface area contributed by atoms with E-state index >= 15 is 0 Å². The second kappa shape index (κ2) is 7.69. The Balaban J connectivity index is 2.04. The van der Waals surface area contributed by atoms with Crippen LogP contribution in [0.4, 0.5) is 27.6 Å². The van der Waals surface area contributed by atoms with Crippen LogP contribution >= 0.6 is 0 Å². The predicted octanol–water partition coefficient (Wildman–Crippen LogP) is 3.02. The monoisotopic (exact) mass is 414 g/mol. The minimum absolute atomic E-state index is 0.222. The Morgan fingerprint density at radius 3 is 2.52 bits per heavy atom. The van der Waals surface area contributed by atoms with Gasteiger partial charge in [0.15, 0.2) is 11.6 Å². The summed E-state index contributed by atoms with van der Waals surface area (Å²) in [6.07, 6.45) is -0.335. The summed E-state index contributed by atoms with van der Waals surface area (Å²) in [5.74, 6) is -4.81. The van der Waals surface area contributed by atoms with Crippen molar-refractivity contribution in [3.8, 4) is 5.69 Å². The topological polar surface area (TPSA) is 97.3 Å². The number of hydrogen-bond donors (Lipinski definition) is 2. The zero-order valence-corrected chi connectivity index (χ0v) is 14.4. The van der Waals surface area contributed by atoms with E-state index in [0.29, 0.717) is 23.0 Å². The molecule has 2 N–H and O–H groups in total. The van der Waals surface area contributed by atoms with Gasteiger partial charge in [-0.15, -0.1) is 0 Å². The molecule has 3 aromatic rings. The van der Waals surface area contributed by atoms with Gasteiger partial charge in [0.05, 0.1) is 23.7 Å². The quantitative estimate of drug-likeness (QED) is 0.290. The molecule has 0 atom stereocenters. The van der Waals surface area contributed by atoms with E-state index in [1.165, 1.54) is 7.05 Å². The fourth-order valence-electron chi connectivity index (χ4n) is 2.58. The minimum Gasteiger partial charge on any atom is -0.411 e. The Hall–Kier alpha value is -3.77. The number of hydrogen-bond acceptors (Lipinski definition) is 5. The van der Waals surface area contributed by atoms with Crippen molar-refractivity contribution in [2.45, 2.75) is 6.43 Å². The number of anilines is 1. The molecule has 0 spiro atoms. The summed E-state index contributed by atoms with van der Waals surface area (Å²) < 4.78 is 69.0. The lowest BCUT2D eigenvalue weighted by Crippen LogP contribution is -2.15. The highest BCUT2D eigenvalue weighted by atomic mass is 19.3. The van der Waals surface area contributed by atoms with Gasteiger partial charge in [0.1, 0.15) is 22.9 Å². The third-order valence-corrected chi connectivity index (χ3v) is 3.74. The van der Waals surface area contributed by atoms with Crippen molar-refractivity contribution in [2.75, 3.05) is 5.32 Å². The van der Waals surface area contributed by atoms with Crippen LogP contribution in [0.2, 0.25) is 0 Å². The maximum absolute atomic E-state index is 14.1.